The monoisotopic (exact) mass is 624 g/mol. The molecule has 1 atom stereocenters. The largest absolute Gasteiger partial charge is 0.478 e. The fourth-order valence-electron chi connectivity index (χ4n) is 5.13. The molecule has 1 aliphatic heterocycles. The van der Waals surface area contributed by atoms with Gasteiger partial charge < -0.3 is 14.3 Å². The van der Waals surface area contributed by atoms with Gasteiger partial charge in [0.25, 0.3) is 5.56 Å². The number of rotatable bonds is 7. The number of carboxylic acids is 1. The lowest BCUT2D eigenvalue weighted by atomic mass is 9.93. The number of furan rings is 1. The molecule has 1 unspecified atom stereocenters. The second-order valence-electron chi connectivity index (χ2n) is 10.0. The third-order valence-electron chi connectivity index (χ3n) is 7.21. The zero-order valence-corrected chi connectivity index (χ0v) is 25.2. The summed E-state index contributed by atoms with van der Waals surface area (Å²) in [4.78, 5) is 44.4. The summed E-state index contributed by atoms with van der Waals surface area (Å²) in [5, 5.41) is 9.95. The van der Waals surface area contributed by atoms with Crippen LogP contribution in [-0.4, -0.2) is 28.2 Å². The van der Waals surface area contributed by atoms with E-state index in [0.29, 0.717) is 48.3 Å². The summed E-state index contributed by atoms with van der Waals surface area (Å²) in [5.74, 6) is -0.730. The van der Waals surface area contributed by atoms with Crippen LogP contribution < -0.4 is 14.9 Å². The normalized spacial score (nSPS) is 14.7. The molecule has 44 heavy (non-hydrogen) atoms. The van der Waals surface area contributed by atoms with E-state index in [1.807, 2.05) is 37.3 Å². The number of aromatic nitrogens is 1. The number of carboxylic acid groups (broad SMARTS) is 1. The minimum Gasteiger partial charge on any atom is -0.478 e. The topological polar surface area (TPSA) is 111 Å². The number of esters is 1. The third-order valence-corrected chi connectivity index (χ3v) is 8.44. The van der Waals surface area contributed by atoms with Crippen molar-refractivity contribution in [3.8, 4) is 11.3 Å². The van der Waals surface area contributed by atoms with Gasteiger partial charge in [0.2, 0.25) is 0 Å². The molecule has 0 fully saturated rings. The Kier molecular flexibility index (Phi) is 7.90. The van der Waals surface area contributed by atoms with Gasteiger partial charge in [0.05, 0.1) is 34.0 Å². The third kappa shape index (κ3) is 5.43. The maximum Gasteiger partial charge on any atom is 0.338 e. The van der Waals surface area contributed by atoms with Gasteiger partial charge in [-0.1, -0.05) is 71.5 Å². The summed E-state index contributed by atoms with van der Waals surface area (Å²) in [7, 11) is 0. The number of ether oxygens (including phenoxy) is 1. The molecular weight excluding hydrogens is 600 g/mol. The van der Waals surface area contributed by atoms with Gasteiger partial charge in [0.1, 0.15) is 11.5 Å². The second kappa shape index (κ2) is 11.9. The summed E-state index contributed by atoms with van der Waals surface area (Å²) in [6, 6.07) is 23.7. The van der Waals surface area contributed by atoms with Crippen LogP contribution in [0.1, 0.15) is 45.8 Å². The van der Waals surface area contributed by atoms with Crippen LogP contribution in [0.5, 0.6) is 0 Å². The van der Waals surface area contributed by atoms with Gasteiger partial charge >= 0.3 is 11.9 Å². The lowest BCUT2D eigenvalue weighted by Gasteiger charge is -2.25. The van der Waals surface area contributed by atoms with Crippen molar-refractivity contribution in [3.63, 3.8) is 0 Å². The molecule has 2 aromatic heterocycles. The van der Waals surface area contributed by atoms with Gasteiger partial charge in [-0.05, 0) is 61.4 Å². The van der Waals surface area contributed by atoms with E-state index >= 15 is 0 Å². The average molecular weight is 625 g/mol. The number of aromatic carboxylic acids is 1. The Morgan fingerprint density at radius 2 is 1.82 bits per heavy atom. The summed E-state index contributed by atoms with van der Waals surface area (Å²) in [6.45, 7) is 3.74. The van der Waals surface area contributed by atoms with Crippen LogP contribution in [0.3, 0.4) is 0 Å². The molecule has 0 amide bonds. The molecular formula is C34H25ClN2O6S. The Labute approximate surface area is 260 Å². The van der Waals surface area contributed by atoms with Gasteiger partial charge in [-0.25, -0.2) is 14.6 Å². The summed E-state index contributed by atoms with van der Waals surface area (Å²) < 4.78 is 13.4. The fourth-order valence-corrected chi connectivity index (χ4v) is 6.23. The van der Waals surface area contributed by atoms with E-state index in [1.165, 1.54) is 22.0 Å². The predicted octanol–water partition coefficient (Wildman–Crippen LogP) is 5.86. The van der Waals surface area contributed by atoms with Crippen molar-refractivity contribution in [2.75, 3.05) is 6.61 Å². The highest BCUT2D eigenvalue weighted by Crippen LogP contribution is 2.35. The summed E-state index contributed by atoms with van der Waals surface area (Å²) >= 11 is 7.37. The zero-order valence-electron chi connectivity index (χ0n) is 23.6. The van der Waals surface area contributed by atoms with Crippen LogP contribution in [0.4, 0.5) is 0 Å². The van der Waals surface area contributed by atoms with Gasteiger partial charge in [-0.15, -0.1) is 0 Å². The summed E-state index contributed by atoms with van der Waals surface area (Å²) in [6.07, 6.45) is 1.62. The first-order valence-corrected chi connectivity index (χ1v) is 14.9. The molecule has 6 rings (SSSR count). The Morgan fingerprint density at radius 1 is 1.07 bits per heavy atom. The predicted molar refractivity (Wildman–Crippen MR) is 168 cm³/mol. The molecule has 0 radical (unpaired) electrons. The molecule has 0 aliphatic carbocycles. The smallest absolute Gasteiger partial charge is 0.338 e. The molecule has 3 heterocycles. The van der Waals surface area contributed by atoms with Gasteiger partial charge in [0, 0.05) is 22.2 Å². The van der Waals surface area contributed by atoms with Crippen molar-refractivity contribution >= 4 is 46.6 Å². The van der Waals surface area contributed by atoms with Crippen molar-refractivity contribution in [1.82, 2.24) is 4.57 Å². The Bertz CT molecular complexity index is 2120. The Balaban J connectivity index is 1.54. The van der Waals surface area contributed by atoms with Gasteiger partial charge in [0.15, 0.2) is 4.80 Å². The fraction of sp³-hybridized carbons (Fsp3) is 0.118. The molecule has 220 valence electrons. The average Bonchev–Trinajstić information content (AvgIpc) is 3.61. The number of hydrogen-bond donors (Lipinski definition) is 1. The number of thiazole rings is 1. The molecule has 3 aromatic carbocycles. The molecule has 0 saturated heterocycles. The highest BCUT2D eigenvalue weighted by molar-refractivity contribution is 7.07. The Hall–Kier alpha value is -4.99. The highest BCUT2D eigenvalue weighted by atomic mass is 35.5. The lowest BCUT2D eigenvalue weighted by molar-refractivity contribution is -0.138. The molecule has 1 aliphatic rings. The first kappa shape index (κ1) is 29.1. The number of hydrogen-bond acceptors (Lipinski definition) is 7. The number of carbonyl (C=O) groups is 2. The van der Waals surface area contributed by atoms with Crippen molar-refractivity contribution < 1.29 is 23.8 Å². The minimum absolute atomic E-state index is 0.144. The van der Waals surface area contributed by atoms with Gasteiger partial charge in [-0.2, -0.15) is 0 Å². The molecule has 5 aromatic rings. The van der Waals surface area contributed by atoms with Crippen molar-refractivity contribution in [3.05, 3.63) is 143 Å². The standard InChI is InChI=1S/C34H25ClN2O6S/c1-3-42-33(41)28-29(20-7-5-4-6-8-20)36-34-37(30(28)21-11-13-23(35)14-12-21)31(38)27(44-34)18-24-15-16-26(43-24)25-17-22(32(39)40)10-9-19(25)2/h4-18,30H,3H2,1-2H3,(H,39,40)/b27-18+. The first-order valence-electron chi connectivity index (χ1n) is 13.7. The van der Waals surface area contributed by atoms with E-state index in [4.69, 9.17) is 25.7 Å². The van der Waals surface area contributed by atoms with E-state index in [1.54, 1.807) is 61.5 Å². The van der Waals surface area contributed by atoms with Crippen molar-refractivity contribution in [1.29, 1.82) is 0 Å². The van der Waals surface area contributed by atoms with Crippen LogP contribution in [0.2, 0.25) is 5.02 Å². The minimum atomic E-state index is -1.04. The van der Waals surface area contributed by atoms with Crippen LogP contribution in [0, 0.1) is 6.92 Å². The van der Waals surface area contributed by atoms with E-state index in [0.717, 1.165) is 5.56 Å². The quantitative estimate of drug-likeness (QED) is 0.227. The number of aryl methyl sites for hydroxylation is 1. The molecule has 8 nitrogen and oxygen atoms in total. The van der Waals surface area contributed by atoms with E-state index in [2.05, 4.69) is 0 Å². The maximum absolute atomic E-state index is 14.1. The summed E-state index contributed by atoms with van der Waals surface area (Å²) in [5.41, 5.74) is 3.32. The van der Waals surface area contributed by atoms with E-state index in [-0.39, 0.29) is 23.3 Å². The SMILES string of the molecule is CCOC(=O)C1=C(c2ccccc2)N=c2s/c(=C/c3ccc(-c4cc(C(=O)O)ccc4C)o3)c(=O)n2C1c1ccc(Cl)cc1. The molecule has 1 N–H and O–H groups in total. The lowest BCUT2D eigenvalue weighted by Crippen LogP contribution is -2.39. The number of carbonyl (C=O) groups excluding carboxylic acids is 1. The van der Waals surface area contributed by atoms with E-state index in [9.17, 15) is 19.5 Å². The number of halogens is 1. The molecule has 0 spiro atoms. The van der Waals surface area contributed by atoms with Crippen LogP contribution in [0.25, 0.3) is 23.1 Å². The van der Waals surface area contributed by atoms with Crippen molar-refractivity contribution in [2.45, 2.75) is 19.9 Å². The highest BCUT2D eigenvalue weighted by Gasteiger charge is 2.35. The van der Waals surface area contributed by atoms with Crippen LogP contribution >= 0.6 is 22.9 Å². The van der Waals surface area contributed by atoms with Crippen LogP contribution in [0.15, 0.2) is 105 Å². The van der Waals surface area contributed by atoms with Crippen molar-refractivity contribution in [2.24, 2.45) is 4.99 Å². The molecule has 10 heteroatoms. The molecule has 0 saturated carbocycles. The number of nitrogens with zero attached hydrogens (tertiary/aromatic N) is 2. The maximum atomic E-state index is 14.1. The Morgan fingerprint density at radius 3 is 2.52 bits per heavy atom. The van der Waals surface area contributed by atoms with Gasteiger partial charge in [-0.3, -0.25) is 9.36 Å². The number of fused-ring (bicyclic) bond motifs is 1. The second-order valence-corrected chi connectivity index (χ2v) is 11.5. The molecule has 0 bridgehead atoms. The zero-order chi connectivity index (χ0) is 31.0. The van der Waals surface area contributed by atoms with Crippen LogP contribution in [-0.2, 0) is 9.53 Å². The number of benzene rings is 3. The first-order chi connectivity index (χ1) is 21.2. The van der Waals surface area contributed by atoms with E-state index < -0.39 is 18.0 Å².